The van der Waals surface area contributed by atoms with E-state index in [1.807, 2.05) is 12.1 Å². The van der Waals surface area contributed by atoms with Crippen LogP contribution in [0.3, 0.4) is 0 Å². The van der Waals surface area contributed by atoms with Crippen LogP contribution in [-0.2, 0) is 4.74 Å². The summed E-state index contributed by atoms with van der Waals surface area (Å²) in [5, 5.41) is 4.37. The topological polar surface area (TPSA) is 47.3 Å². The second kappa shape index (κ2) is 4.99. The summed E-state index contributed by atoms with van der Waals surface area (Å²) in [6.07, 6.45) is 4.38. The van der Waals surface area contributed by atoms with Crippen LogP contribution < -0.4 is 5.32 Å². The van der Waals surface area contributed by atoms with Gasteiger partial charge >= 0.3 is 0 Å². The Labute approximate surface area is 94.6 Å². The van der Waals surface area contributed by atoms with Crippen LogP contribution in [0.4, 0.5) is 5.82 Å². The van der Waals surface area contributed by atoms with Gasteiger partial charge in [-0.1, -0.05) is 0 Å². The Morgan fingerprint density at radius 2 is 2.38 bits per heavy atom. The summed E-state index contributed by atoms with van der Waals surface area (Å²) in [7, 11) is 1.71. The predicted molar refractivity (Wildman–Crippen MR) is 63.6 cm³/mol. The minimum absolute atomic E-state index is 0.327. The second-order valence-electron chi connectivity index (χ2n) is 3.82. The fourth-order valence-electron chi connectivity index (χ4n) is 1.61. The maximum Gasteiger partial charge on any atom is 0.139 e. The first kappa shape index (κ1) is 11.0. The summed E-state index contributed by atoms with van der Waals surface area (Å²) in [6, 6.07) is 4.11. The number of nitrogens with one attached hydrogen (secondary N) is 1. The largest absolute Gasteiger partial charge is 0.464 e. The number of fused-ring (bicyclic) bond motifs is 1. The highest BCUT2D eigenvalue weighted by Crippen LogP contribution is 2.22. The van der Waals surface area contributed by atoms with Crippen LogP contribution >= 0.6 is 0 Å². The van der Waals surface area contributed by atoms with E-state index in [0.29, 0.717) is 6.04 Å². The molecule has 0 saturated heterocycles. The first-order valence-electron chi connectivity index (χ1n) is 5.39. The van der Waals surface area contributed by atoms with Crippen molar-refractivity contribution in [1.82, 2.24) is 4.98 Å². The Kier molecular flexibility index (Phi) is 3.41. The lowest BCUT2D eigenvalue weighted by Crippen LogP contribution is -2.17. The third kappa shape index (κ3) is 2.33. The van der Waals surface area contributed by atoms with Crippen LogP contribution in [0, 0.1) is 0 Å². The van der Waals surface area contributed by atoms with E-state index in [9.17, 15) is 0 Å². The second-order valence-corrected chi connectivity index (χ2v) is 3.82. The lowest BCUT2D eigenvalue weighted by atomic mass is 10.2. The quantitative estimate of drug-likeness (QED) is 0.841. The first-order chi connectivity index (χ1) is 7.81. The van der Waals surface area contributed by atoms with E-state index in [1.165, 1.54) is 0 Å². The molecule has 1 unspecified atom stereocenters. The highest BCUT2D eigenvalue weighted by atomic mass is 16.5. The molecule has 16 heavy (non-hydrogen) atoms. The van der Waals surface area contributed by atoms with Crippen LogP contribution in [0.5, 0.6) is 0 Å². The summed E-state index contributed by atoms with van der Waals surface area (Å²) >= 11 is 0. The molecular weight excluding hydrogens is 204 g/mol. The number of hydrogen-bond donors (Lipinski definition) is 1. The number of anilines is 1. The average molecular weight is 220 g/mol. The molecule has 0 aliphatic rings. The lowest BCUT2D eigenvalue weighted by Gasteiger charge is -2.14. The zero-order chi connectivity index (χ0) is 11.4. The van der Waals surface area contributed by atoms with Crippen molar-refractivity contribution in [1.29, 1.82) is 0 Å². The SMILES string of the molecule is COCCC(C)Nc1nccc2occc12. The highest BCUT2D eigenvalue weighted by molar-refractivity contribution is 5.87. The maximum absolute atomic E-state index is 5.32. The third-order valence-electron chi connectivity index (χ3n) is 2.52. The van der Waals surface area contributed by atoms with Gasteiger partial charge in [-0.25, -0.2) is 4.98 Å². The smallest absolute Gasteiger partial charge is 0.139 e. The number of hydrogen-bond acceptors (Lipinski definition) is 4. The van der Waals surface area contributed by atoms with Gasteiger partial charge in [0.1, 0.15) is 11.4 Å². The predicted octanol–water partition coefficient (Wildman–Crippen LogP) is 2.66. The van der Waals surface area contributed by atoms with Crippen molar-refractivity contribution in [2.75, 3.05) is 19.0 Å². The molecule has 0 aliphatic heterocycles. The maximum atomic E-state index is 5.32. The van der Waals surface area contributed by atoms with E-state index in [4.69, 9.17) is 9.15 Å². The molecule has 2 aromatic heterocycles. The molecule has 0 bridgehead atoms. The van der Waals surface area contributed by atoms with Gasteiger partial charge in [0.25, 0.3) is 0 Å². The van der Waals surface area contributed by atoms with Gasteiger partial charge < -0.3 is 14.5 Å². The van der Waals surface area contributed by atoms with Crippen molar-refractivity contribution in [3.05, 3.63) is 24.6 Å². The third-order valence-corrected chi connectivity index (χ3v) is 2.52. The summed E-state index contributed by atoms with van der Waals surface area (Å²) in [5.74, 6) is 0.870. The highest BCUT2D eigenvalue weighted by Gasteiger charge is 2.07. The molecular formula is C12H16N2O2. The number of methoxy groups -OCH3 is 1. The van der Waals surface area contributed by atoms with Gasteiger partial charge in [-0.05, 0) is 25.5 Å². The normalized spacial score (nSPS) is 12.9. The minimum atomic E-state index is 0.327. The van der Waals surface area contributed by atoms with E-state index in [1.54, 1.807) is 19.6 Å². The van der Waals surface area contributed by atoms with E-state index >= 15 is 0 Å². The van der Waals surface area contributed by atoms with Crippen LogP contribution in [-0.4, -0.2) is 24.7 Å². The molecule has 0 amide bonds. The molecule has 0 fully saturated rings. The molecule has 86 valence electrons. The Balaban J connectivity index is 2.11. The fourth-order valence-corrected chi connectivity index (χ4v) is 1.61. The molecule has 4 heteroatoms. The van der Waals surface area contributed by atoms with Crippen molar-refractivity contribution in [3.8, 4) is 0 Å². The van der Waals surface area contributed by atoms with E-state index in [2.05, 4.69) is 17.2 Å². The lowest BCUT2D eigenvalue weighted by molar-refractivity contribution is 0.191. The number of aromatic nitrogens is 1. The van der Waals surface area contributed by atoms with Crippen molar-refractivity contribution >= 4 is 16.8 Å². The minimum Gasteiger partial charge on any atom is -0.464 e. The van der Waals surface area contributed by atoms with Gasteiger partial charge in [-0.3, -0.25) is 0 Å². The van der Waals surface area contributed by atoms with Crippen molar-refractivity contribution in [2.45, 2.75) is 19.4 Å². The van der Waals surface area contributed by atoms with Gasteiger partial charge in [0, 0.05) is 26.0 Å². The molecule has 1 atom stereocenters. The van der Waals surface area contributed by atoms with Crippen LogP contribution in [0.1, 0.15) is 13.3 Å². The van der Waals surface area contributed by atoms with Gasteiger partial charge in [0.05, 0.1) is 11.6 Å². The molecule has 4 nitrogen and oxygen atoms in total. The molecule has 0 saturated carbocycles. The zero-order valence-electron chi connectivity index (χ0n) is 9.56. The van der Waals surface area contributed by atoms with Crippen molar-refractivity contribution < 1.29 is 9.15 Å². The molecule has 0 aliphatic carbocycles. The molecule has 1 N–H and O–H groups in total. The fraction of sp³-hybridized carbons (Fsp3) is 0.417. The van der Waals surface area contributed by atoms with Crippen LogP contribution in [0.15, 0.2) is 29.0 Å². The summed E-state index contributed by atoms with van der Waals surface area (Å²) in [6.45, 7) is 2.86. The zero-order valence-corrected chi connectivity index (χ0v) is 9.56. The number of nitrogens with zero attached hydrogens (tertiary/aromatic N) is 1. The number of furan rings is 1. The van der Waals surface area contributed by atoms with Gasteiger partial charge in [0.15, 0.2) is 0 Å². The van der Waals surface area contributed by atoms with E-state index < -0.39 is 0 Å². The van der Waals surface area contributed by atoms with Gasteiger partial charge in [-0.15, -0.1) is 0 Å². The molecule has 0 aromatic carbocycles. The van der Waals surface area contributed by atoms with Gasteiger partial charge in [0.2, 0.25) is 0 Å². The van der Waals surface area contributed by atoms with Crippen molar-refractivity contribution in [3.63, 3.8) is 0 Å². The Bertz CT molecular complexity index is 453. The van der Waals surface area contributed by atoms with Crippen LogP contribution in [0.2, 0.25) is 0 Å². The van der Waals surface area contributed by atoms with E-state index in [-0.39, 0.29) is 0 Å². The molecule has 0 radical (unpaired) electrons. The Morgan fingerprint density at radius 3 is 3.19 bits per heavy atom. The molecule has 2 rings (SSSR count). The van der Waals surface area contributed by atoms with Crippen LogP contribution in [0.25, 0.3) is 11.0 Å². The monoisotopic (exact) mass is 220 g/mol. The first-order valence-corrected chi connectivity index (χ1v) is 5.39. The van der Waals surface area contributed by atoms with Gasteiger partial charge in [-0.2, -0.15) is 0 Å². The Morgan fingerprint density at radius 1 is 1.50 bits per heavy atom. The summed E-state index contributed by atoms with van der Waals surface area (Å²) in [5.41, 5.74) is 0.858. The molecule has 2 heterocycles. The van der Waals surface area contributed by atoms with Crippen molar-refractivity contribution in [2.24, 2.45) is 0 Å². The van der Waals surface area contributed by atoms with E-state index in [0.717, 1.165) is 29.8 Å². The number of ether oxygens (including phenoxy) is 1. The standard InChI is InChI=1S/C12H16N2O2/c1-9(4-7-15-2)14-12-10-5-8-16-11(10)3-6-13-12/h3,5-6,8-9H,4,7H2,1-2H3,(H,13,14). The number of pyridine rings is 1. The summed E-state index contributed by atoms with van der Waals surface area (Å²) < 4.78 is 10.4. The molecule has 0 spiro atoms. The summed E-state index contributed by atoms with van der Waals surface area (Å²) in [4.78, 5) is 4.32. The molecule has 2 aromatic rings. The Hall–Kier alpha value is -1.55. The number of rotatable bonds is 5. The average Bonchev–Trinajstić information content (AvgIpc) is 2.75.